The number of piperazine rings is 1. The molecule has 0 spiro atoms. The average molecular weight is 393 g/mol. The number of hydrogen-bond donors (Lipinski definition) is 2. The summed E-state index contributed by atoms with van der Waals surface area (Å²) in [5.41, 5.74) is 0.961. The third kappa shape index (κ3) is 5.35. The molecule has 1 saturated heterocycles. The van der Waals surface area contributed by atoms with E-state index in [9.17, 15) is 9.50 Å². The molecule has 1 aliphatic heterocycles. The SMILES string of the molecule is CCNC(=NCC1CCCC1O)N1CCN(Cc2ccc(OC)c(F)c2)CC1. The lowest BCUT2D eigenvalue weighted by Crippen LogP contribution is -2.52. The van der Waals surface area contributed by atoms with E-state index in [-0.39, 0.29) is 17.7 Å². The molecule has 0 bridgehead atoms. The smallest absolute Gasteiger partial charge is 0.194 e. The van der Waals surface area contributed by atoms with Crippen LogP contribution in [-0.2, 0) is 6.54 Å². The molecular formula is C21H33FN4O2. The normalized spacial score (nSPS) is 23.9. The Kier molecular flexibility index (Phi) is 7.50. The lowest BCUT2D eigenvalue weighted by Gasteiger charge is -2.36. The highest BCUT2D eigenvalue weighted by atomic mass is 19.1. The maximum Gasteiger partial charge on any atom is 0.194 e. The zero-order valence-electron chi connectivity index (χ0n) is 17.0. The Bertz CT molecular complexity index is 662. The topological polar surface area (TPSA) is 60.3 Å². The molecule has 1 aliphatic carbocycles. The number of methoxy groups -OCH3 is 1. The van der Waals surface area contributed by atoms with Crippen LogP contribution in [-0.4, -0.2) is 73.3 Å². The second-order valence-electron chi connectivity index (χ2n) is 7.69. The predicted molar refractivity (Wildman–Crippen MR) is 109 cm³/mol. The number of nitrogens with one attached hydrogen (secondary N) is 1. The first-order valence-electron chi connectivity index (χ1n) is 10.4. The number of benzene rings is 1. The van der Waals surface area contributed by atoms with E-state index in [1.165, 1.54) is 7.11 Å². The van der Waals surface area contributed by atoms with E-state index >= 15 is 0 Å². The van der Waals surface area contributed by atoms with Gasteiger partial charge < -0.3 is 20.1 Å². The van der Waals surface area contributed by atoms with Crippen molar-refractivity contribution in [3.63, 3.8) is 0 Å². The van der Waals surface area contributed by atoms with Crippen LogP contribution in [0.15, 0.2) is 23.2 Å². The molecule has 2 atom stereocenters. The van der Waals surface area contributed by atoms with Crippen LogP contribution in [0, 0.1) is 11.7 Å². The van der Waals surface area contributed by atoms with E-state index in [1.54, 1.807) is 12.1 Å². The van der Waals surface area contributed by atoms with Crippen molar-refractivity contribution in [1.82, 2.24) is 15.1 Å². The van der Waals surface area contributed by atoms with Crippen molar-refractivity contribution < 1.29 is 14.2 Å². The number of aliphatic imine (C=N–C) groups is 1. The molecule has 2 aliphatic rings. The maximum atomic E-state index is 13.9. The van der Waals surface area contributed by atoms with Crippen LogP contribution in [0.1, 0.15) is 31.7 Å². The first-order valence-corrected chi connectivity index (χ1v) is 10.4. The second kappa shape index (κ2) is 10.1. The average Bonchev–Trinajstić information content (AvgIpc) is 3.11. The fourth-order valence-electron chi connectivity index (χ4n) is 4.04. The zero-order chi connectivity index (χ0) is 19.9. The highest BCUT2D eigenvalue weighted by Crippen LogP contribution is 2.25. The van der Waals surface area contributed by atoms with Crippen LogP contribution in [0.5, 0.6) is 5.75 Å². The van der Waals surface area contributed by atoms with Crippen molar-refractivity contribution in [1.29, 1.82) is 0 Å². The summed E-state index contributed by atoms with van der Waals surface area (Å²) in [6, 6.07) is 5.17. The molecule has 0 radical (unpaired) electrons. The standard InChI is InChI=1S/C21H33FN4O2/c1-3-23-21(24-14-17-5-4-6-19(17)27)26-11-9-25(10-12-26)15-16-7-8-20(28-2)18(22)13-16/h7-8,13,17,19,27H,3-6,9-12,14-15H2,1-2H3,(H,23,24). The van der Waals surface area contributed by atoms with Gasteiger partial charge in [0.15, 0.2) is 17.5 Å². The highest BCUT2D eigenvalue weighted by Gasteiger charge is 2.26. The number of aliphatic hydroxyl groups excluding tert-OH is 1. The van der Waals surface area contributed by atoms with E-state index in [2.05, 4.69) is 22.0 Å². The first-order chi connectivity index (χ1) is 13.6. The molecule has 2 fully saturated rings. The highest BCUT2D eigenvalue weighted by molar-refractivity contribution is 5.80. The molecule has 0 amide bonds. The van der Waals surface area contributed by atoms with Crippen molar-refractivity contribution in [2.45, 2.75) is 38.8 Å². The van der Waals surface area contributed by atoms with E-state index in [1.807, 2.05) is 6.07 Å². The van der Waals surface area contributed by atoms with Gasteiger partial charge in [0, 0.05) is 51.7 Å². The van der Waals surface area contributed by atoms with Gasteiger partial charge in [0.2, 0.25) is 0 Å². The minimum atomic E-state index is -0.311. The number of halogens is 1. The minimum absolute atomic E-state index is 0.201. The monoisotopic (exact) mass is 392 g/mol. The van der Waals surface area contributed by atoms with Gasteiger partial charge in [0.05, 0.1) is 13.2 Å². The molecule has 2 N–H and O–H groups in total. The van der Waals surface area contributed by atoms with Gasteiger partial charge in [-0.15, -0.1) is 0 Å². The molecule has 0 aromatic heterocycles. The van der Waals surface area contributed by atoms with Crippen LogP contribution in [0.2, 0.25) is 0 Å². The number of rotatable bonds is 6. The van der Waals surface area contributed by atoms with E-state index in [4.69, 9.17) is 9.73 Å². The Morgan fingerprint density at radius 1 is 1.29 bits per heavy atom. The summed E-state index contributed by atoms with van der Waals surface area (Å²) < 4.78 is 18.9. The van der Waals surface area contributed by atoms with Crippen LogP contribution in [0.25, 0.3) is 0 Å². The fraction of sp³-hybridized carbons (Fsp3) is 0.667. The molecule has 1 aromatic carbocycles. The summed E-state index contributed by atoms with van der Waals surface area (Å²) in [7, 11) is 1.48. The van der Waals surface area contributed by atoms with Crippen molar-refractivity contribution >= 4 is 5.96 Å². The van der Waals surface area contributed by atoms with Gasteiger partial charge in [-0.05, 0) is 37.5 Å². The van der Waals surface area contributed by atoms with Gasteiger partial charge in [0.1, 0.15) is 0 Å². The first kappa shape index (κ1) is 20.9. The Morgan fingerprint density at radius 2 is 2.07 bits per heavy atom. The van der Waals surface area contributed by atoms with Gasteiger partial charge in [-0.2, -0.15) is 0 Å². The lowest BCUT2D eigenvalue weighted by atomic mass is 10.1. The van der Waals surface area contributed by atoms with Crippen molar-refractivity contribution in [3.8, 4) is 5.75 Å². The summed E-state index contributed by atoms with van der Waals surface area (Å²) in [6.45, 7) is 7.92. The third-order valence-corrected chi connectivity index (χ3v) is 5.72. The van der Waals surface area contributed by atoms with E-state index in [0.717, 1.165) is 70.1 Å². The number of ether oxygens (including phenoxy) is 1. The third-order valence-electron chi connectivity index (χ3n) is 5.72. The molecule has 28 heavy (non-hydrogen) atoms. The molecule has 2 unspecified atom stereocenters. The zero-order valence-corrected chi connectivity index (χ0v) is 17.0. The van der Waals surface area contributed by atoms with Gasteiger partial charge in [-0.25, -0.2) is 4.39 Å². The molecule has 1 heterocycles. The Labute approximate surface area is 167 Å². The molecular weight excluding hydrogens is 359 g/mol. The summed E-state index contributed by atoms with van der Waals surface area (Å²) >= 11 is 0. The van der Waals surface area contributed by atoms with Crippen LogP contribution in [0.3, 0.4) is 0 Å². The van der Waals surface area contributed by atoms with Crippen LogP contribution in [0.4, 0.5) is 4.39 Å². The second-order valence-corrected chi connectivity index (χ2v) is 7.69. The number of guanidine groups is 1. The number of hydrogen-bond acceptors (Lipinski definition) is 4. The summed E-state index contributed by atoms with van der Waals surface area (Å²) in [4.78, 5) is 9.42. The fourth-order valence-corrected chi connectivity index (χ4v) is 4.04. The Balaban J connectivity index is 1.52. The van der Waals surface area contributed by atoms with Crippen molar-refractivity contribution in [2.24, 2.45) is 10.9 Å². The molecule has 1 aromatic rings. The lowest BCUT2D eigenvalue weighted by molar-refractivity contribution is 0.136. The van der Waals surface area contributed by atoms with Gasteiger partial charge >= 0.3 is 0 Å². The maximum absolute atomic E-state index is 13.9. The Hall–Kier alpha value is -1.86. The Morgan fingerprint density at radius 3 is 2.68 bits per heavy atom. The van der Waals surface area contributed by atoms with Gasteiger partial charge in [-0.1, -0.05) is 12.5 Å². The molecule has 3 rings (SSSR count). The van der Waals surface area contributed by atoms with Crippen molar-refractivity contribution in [3.05, 3.63) is 29.6 Å². The number of nitrogens with zero attached hydrogens (tertiary/aromatic N) is 3. The minimum Gasteiger partial charge on any atom is -0.494 e. The van der Waals surface area contributed by atoms with Crippen LogP contribution < -0.4 is 10.1 Å². The quantitative estimate of drug-likeness (QED) is 0.573. The summed E-state index contributed by atoms with van der Waals surface area (Å²) in [5, 5.41) is 13.4. The largest absolute Gasteiger partial charge is 0.494 e. The van der Waals surface area contributed by atoms with Gasteiger partial charge in [0.25, 0.3) is 0 Å². The molecule has 6 nitrogen and oxygen atoms in total. The molecule has 7 heteroatoms. The summed E-state index contributed by atoms with van der Waals surface area (Å²) in [6.07, 6.45) is 2.87. The predicted octanol–water partition coefficient (Wildman–Crippen LogP) is 2.08. The van der Waals surface area contributed by atoms with E-state index in [0.29, 0.717) is 12.5 Å². The van der Waals surface area contributed by atoms with E-state index < -0.39 is 0 Å². The summed E-state index contributed by atoms with van der Waals surface area (Å²) in [5.74, 6) is 1.21. The van der Waals surface area contributed by atoms with Crippen LogP contribution >= 0.6 is 0 Å². The van der Waals surface area contributed by atoms with Gasteiger partial charge in [-0.3, -0.25) is 9.89 Å². The van der Waals surface area contributed by atoms with Crippen molar-refractivity contribution in [2.75, 3.05) is 46.4 Å². The molecule has 1 saturated carbocycles. The molecule has 156 valence electrons. The number of aliphatic hydroxyl groups is 1.